The van der Waals surface area contributed by atoms with Crippen molar-refractivity contribution in [3.05, 3.63) is 66.3 Å². The molecule has 0 aliphatic heterocycles. The Hall–Kier alpha value is -2.47. The average Bonchev–Trinajstić information content (AvgIpc) is 3.39. The molecule has 0 unspecified atom stereocenters. The minimum atomic E-state index is -0.775. The first kappa shape index (κ1) is 17.9. The highest BCUT2D eigenvalue weighted by Crippen LogP contribution is 2.30. The van der Waals surface area contributed by atoms with Crippen molar-refractivity contribution in [3.63, 3.8) is 0 Å². The van der Waals surface area contributed by atoms with Crippen molar-refractivity contribution in [3.8, 4) is 0 Å². The first-order valence-electron chi connectivity index (χ1n) is 9.95. The van der Waals surface area contributed by atoms with Gasteiger partial charge in [-0.05, 0) is 24.8 Å². The van der Waals surface area contributed by atoms with E-state index in [0.717, 1.165) is 43.6 Å². The predicted molar refractivity (Wildman–Crippen MR) is 103 cm³/mol. The summed E-state index contributed by atoms with van der Waals surface area (Å²) in [5.74, 6) is 1.51. The van der Waals surface area contributed by atoms with Crippen LogP contribution in [0.15, 0.2) is 49.1 Å². The lowest BCUT2D eigenvalue weighted by atomic mass is 9.95. The molecule has 1 saturated carbocycles. The Morgan fingerprint density at radius 1 is 1.11 bits per heavy atom. The Kier molecular flexibility index (Phi) is 5.63. The molecule has 1 N–H and O–H groups in total. The Bertz CT molecular complexity index is 822. The van der Waals surface area contributed by atoms with E-state index in [1.165, 1.54) is 19.3 Å². The van der Waals surface area contributed by atoms with Gasteiger partial charge in [-0.1, -0.05) is 49.6 Å². The number of imidazole rings is 1. The average molecular weight is 365 g/mol. The molecule has 1 atom stereocenters. The van der Waals surface area contributed by atoms with Crippen LogP contribution in [0.4, 0.5) is 0 Å². The lowest BCUT2D eigenvalue weighted by Gasteiger charge is -2.23. The van der Waals surface area contributed by atoms with Gasteiger partial charge in [-0.15, -0.1) is 0 Å². The molecule has 1 aliphatic carbocycles. The summed E-state index contributed by atoms with van der Waals surface area (Å²) in [4.78, 5) is 8.85. The molecule has 2 aromatic heterocycles. The third kappa shape index (κ3) is 4.27. The maximum Gasteiger partial charge on any atom is 0.183 e. The van der Waals surface area contributed by atoms with Gasteiger partial charge in [0.05, 0.1) is 12.4 Å². The van der Waals surface area contributed by atoms with E-state index in [-0.39, 0.29) is 0 Å². The van der Waals surface area contributed by atoms with E-state index in [1.807, 2.05) is 42.9 Å². The molecule has 142 valence electrons. The highest BCUT2D eigenvalue weighted by Gasteiger charge is 2.24. The summed E-state index contributed by atoms with van der Waals surface area (Å²) in [5, 5.41) is 15.5. The molecule has 0 amide bonds. The molecule has 27 heavy (non-hydrogen) atoms. The summed E-state index contributed by atoms with van der Waals surface area (Å²) in [6.07, 6.45) is 12.8. The smallest absolute Gasteiger partial charge is 0.183 e. The van der Waals surface area contributed by atoms with Gasteiger partial charge >= 0.3 is 0 Å². The summed E-state index contributed by atoms with van der Waals surface area (Å²) in [7, 11) is 0. The second kappa shape index (κ2) is 8.48. The second-order valence-electron chi connectivity index (χ2n) is 7.34. The molecule has 0 saturated heterocycles. The Labute approximate surface area is 159 Å². The second-order valence-corrected chi connectivity index (χ2v) is 7.34. The van der Waals surface area contributed by atoms with E-state index >= 15 is 0 Å². The summed E-state index contributed by atoms with van der Waals surface area (Å²) < 4.78 is 4.19. The fourth-order valence-electron chi connectivity index (χ4n) is 3.90. The fraction of sp³-hybridized carbons (Fsp3) is 0.476. The van der Waals surface area contributed by atoms with Crippen molar-refractivity contribution >= 4 is 0 Å². The molecule has 0 bridgehead atoms. The van der Waals surface area contributed by atoms with Gasteiger partial charge < -0.3 is 9.67 Å². The molecule has 6 nitrogen and oxygen atoms in total. The number of benzene rings is 1. The van der Waals surface area contributed by atoms with Gasteiger partial charge in [0, 0.05) is 25.4 Å². The molecule has 0 spiro atoms. The van der Waals surface area contributed by atoms with Gasteiger partial charge in [0.1, 0.15) is 11.9 Å². The summed E-state index contributed by atoms with van der Waals surface area (Å²) in [5.41, 5.74) is 0.836. The fourth-order valence-corrected chi connectivity index (χ4v) is 3.90. The number of aliphatic hydroxyl groups is 1. The number of rotatable bonds is 7. The van der Waals surface area contributed by atoms with Gasteiger partial charge in [0.2, 0.25) is 0 Å². The molecule has 0 radical (unpaired) electrons. The summed E-state index contributed by atoms with van der Waals surface area (Å²) in [6.45, 7) is 0.911. The first-order valence-corrected chi connectivity index (χ1v) is 9.95. The van der Waals surface area contributed by atoms with E-state index in [0.29, 0.717) is 11.9 Å². The molecule has 1 fully saturated rings. The first-order chi connectivity index (χ1) is 13.3. The maximum absolute atomic E-state index is 10.8. The molecule has 3 aromatic rings. The van der Waals surface area contributed by atoms with Crippen LogP contribution in [0, 0.1) is 0 Å². The quantitative estimate of drug-likeness (QED) is 0.693. The van der Waals surface area contributed by atoms with Crippen molar-refractivity contribution in [2.24, 2.45) is 0 Å². The van der Waals surface area contributed by atoms with E-state index in [2.05, 4.69) is 14.2 Å². The standard InChI is InChI=1S/C21H27N5O/c27-20(17-8-3-1-4-9-17)21-23-19(12-7-14-25-15-13-22-16-25)26(24-21)18-10-5-2-6-11-18/h1,3-4,8-9,13,15-16,18,20,27H,2,5-7,10-12,14H2/t20-/m1/s1. The topological polar surface area (TPSA) is 68.8 Å². The minimum Gasteiger partial charge on any atom is -0.380 e. The molecule has 6 heteroatoms. The van der Waals surface area contributed by atoms with Crippen LogP contribution in [0.25, 0.3) is 0 Å². The van der Waals surface area contributed by atoms with Crippen LogP contribution < -0.4 is 0 Å². The van der Waals surface area contributed by atoms with Crippen LogP contribution in [0.3, 0.4) is 0 Å². The van der Waals surface area contributed by atoms with Crippen LogP contribution in [0.2, 0.25) is 0 Å². The number of nitrogens with zero attached hydrogens (tertiary/aromatic N) is 5. The van der Waals surface area contributed by atoms with Crippen LogP contribution in [-0.2, 0) is 13.0 Å². The van der Waals surface area contributed by atoms with Gasteiger partial charge in [0.15, 0.2) is 5.82 Å². The molecule has 1 aliphatic rings. The van der Waals surface area contributed by atoms with Crippen molar-refractivity contribution in [1.82, 2.24) is 24.3 Å². The van der Waals surface area contributed by atoms with Crippen molar-refractivity contribution < 1.29 is 5.11 Å². The van der Waals surface area contributed by atoms with Crippen molar-refractivity contribution in [1.29, 1.82) is 0 Å². The molecule has 2 heterocycles. The molecule has 1 aromatic carbocycles. The number of hydrogen-bond donors (Lipinski definition) is 1. The number of hydrogen-bond acceptors (Lipinski definition) is 4. The highest BCUT2D eigenvalue weighted by atomic mass is 16.3. The van der Waals surface area contributed by atoms with Gasteiger partial charge in [-0.3, -0.25) is 0 Å². The third-order valence-corrected chi connectivity index (χ3v) is 5.37. The molecular formula is C21H27N5O. The van der Waals surface area contributed by atoms with E-state index in [4.69, 9.17) is 10.1 Å². The summed E-state index contributed by atoms with van der Waals surface area (Å²) >= 11 is 0. The SMILES string of the molecule is O[C@H](c1ccccc1)c1nc(CCCn2ccnc2)n(C2CCCCC2)n1. The van der Waals surface area contributed by atoms with Crippen LogP contribution in [-0.4, -0.2) is 29.4 Å². The van der Waals surface area contributed by atoms with Gasteiger partial charge in [0.25, 0.3) is 0 Å². The van der Waals surface area contributed by atoms with E-state index < -0.39 is 6.10 Å². The summed E-state index contributed by atoms with van der Waals surface area (Å²) in [6, 6.07) is 10.1. The zero-order chi connectivity index (χ0) is 18.5. The van der Waals surface area contributed by atoms with Crippen molar-refractivity contribution in [2.75, 3.05) is 0 Å². The lowest BCUT2D eigenvalue weighted by Crippen LogP contribution is -2.17. The lowest BCUT2D eigenvalue weighted by molar-refractivity contribution is 0.208. The maximum atomic E-state index is 10.8. The number of aromatic nitrogens is 5. The highest BCUT2D eigenvalue weighted by molar-refractivity contribution is 5.22. The van der Waals surface area contributed by atoms with Gasteiger partial charge in [-0.2, -0.15) is 5.10 Å². The zero-order valence-electron chi connectivity index (χ0n) is 15.6. The third-order valence-electron chi connectivity index (χ3n) is 5.37. The Morgan fingerprint density at radius 2 is 1.93 bits per heavy atom. The molecule has 4 rings (SSSR count). The van der Waals surface area contributed by atoms with E-state index in [1.54, 1.807) is 6.20 Å². The Morgan fingerprint density at radius 3 is 2.67 bits per heavy atom. The predicted octanol–water partition coefficient (Wildman–Crippen LogP) is 3.69. The monoisotopic (exact) mass is 365 g/mol. The largest absolute Gasteiger partial charge is 0.380 e. The van der Waals surface area contributed by atoms with Crippen molar-refractivity contribution in [2.45, 2.75) is 63.6 Å². The minimum absolute atomic E-state index is 0.409. The Balaban J connectivity index is 1.54. The molecular weight excluding hydrogens is 338 g/mol. The van der Waals surface area contributed by atoms with Crippen LogP contribution >= 0.6 is 0 Å². The van der Waals surface area contributed by atoms with E-state index in [9.17, 15) is 5.11 Å². The number of aryl methyl sites for hydroxylation is 2. The van der Waals surface area contributed by atoms with Crippen LogP contribution in [0.1, 0.15) is 67.9 Å². The van der Waals surface area contributed by atoms with Crippen LogP contribution in [0.5, 0.6) is 0 Å². The number of aliphatic hydroxyl groups excluding tert-OH is 1. The normalized spacial score (nSPS) is 16.5. The van der Waals surface area contributed by atoms with Gasteiger partial charge in [-0.25, -0.2) is 14.6 Å². The zero-order valence-corrected chi connectivity index (χ0v) is 15.6.